The summed E-state index contributed by atoms with van der Waals surface area (Å²) in [4.78, 5) is 11.0. The molecule has 0 saturated carbocycles. The molecule has 5 heteroatoms. The molecule has 2 atom stereocenters. The molecule has 0 fully saturated rings. The molecule has 1 aromatic rings. The lowest BCUT2D eigenvalue weighted by atomic mass is 9.90. The number of aryl methyl sites for hydroxylation is 1. The summed E-state index contributed by atoms with van der Waals surface area (Å²) in [6.45, 7) is 1.75. The highest BCUT2D eigenvalue weighted by Gasteiger charge is 2.41. The number of benzene rings is 1. The van der Waals surface area contributed by atoms with Gasteiger partial charge in [0.05, 0.1) is 0 Å². The number of para-hydroxylation sites is 1. The Bertz CT molecular complexity index is 445. The number of ether oxygens (including phenoxy) is 1. The van der Waals surface area contributed by atoms with E-state index in [0.29, 0.717) is 11.3 Å². The van der Waals surface area contributed by atoms with Gasteiger partial charge in [0.15, 0.2) is 6.10 Å². The fourth-order valence-electron chi connectivity index (χ4n) is 2.07. The molecule has 1 aliphatic rings. The van der Waals surface area contributed by atoms with Crippen LogP contribution in [0.5, 0.6) is 5.75 Å². The van der Waals surface area contributed by atoms with Gasteiger partial charge >= 0.3 is 5.97 Å². The summed E-state index contributed by atoms with van der Waals surface area (Å²) in [5, 5.41) is 8.94. The van der Waals surface area contributed by atoms with Gasteiger partial charge in [-0.2, -0.15) is 0 Å². The molecule has 92 valence electrons. The first-order chi connectivity index (χ1) is 8.00. The number of halogens is 2. The molecule has 0 aromatic heterocycles. The van der Waals surface area contributed by atoms with Crippen LogP contribution in [-0.4, -0.2) is 23.6 Å². The van der Waals surface area contributed by atoms with Crippen molar-refractivity contribution < 1.29 is 23.4 Å². The zero-order valence-corrected chi connectivity index (χ0v) is 9.19. The predicted molar refractivity (Wildman–Crippen MR) is 56.4 cm³/mol. The monoisotopic (exact) mass is 242 g/mol. The Balaban J connectivity index is 2.40. The van der Waals surface area contributed by atoms with Crippen LogP contribution in [0.3, 0.4) is 0 Å². The topological polar surface area (TPSA) is 46.5 Å². The number of carbonyl (C=O) groups is 1. The van der Waals surface area contributed by atoms with Crippen LogP contribution >= 0.6 is 0 Å². The number of hydrogen-bond acceptors (Lipinski definition) is 2. The van der Waals surface area contributed by atoms with Gasteiger partial charge in [-0.05, 0) is 24.5 Å². The summed E-state index contributed by atoms with van der Waals surface area (Å²) in [7, 11) is 0. The van der Waals surface area contributed by atoms with E-state index in [2.05, 4.69) is 0 Å². The number of hydrogen-bond donors (Lipinski definition) is 1. The molecule has 17 heavy (non-hydrogen) atoms. The zero-order chi connectivity index (χ0) is 12.6. The average molecular weight is 242 g/mol. The minimum absolute atomic E-state index is 0.0847. The molecule has 1 aliphatic heterocycles. The first-order valence-electron chi connectivity index (χ1n) is 5.27. The number of alkyl halides is 2. The third-order valence-corrected chi connectivity index (χ3v) is 2.95. The Morgan fingerprint density at radius 3 is 2.82 bits per heavy atom. The molecule has 2 unspecified atom stereocenters. The van der Waals surface area contributed by atoms with Crippen molar-refractivity contribution in [3.8, 4) is 5.75 Å². The lowest BCUT2D eigenvalue weighted by Gasteiger charge is -2.31. The first kappa shape index (κ1) is 11.8. The number of carboxylic acid groups (broad SMARTS) is 1. The highest BCUT2D eigenvalue weighted by atomic mass is 19.3. The highest BCUT2D eigenvalue weighted by molar-refractivity contribution is 5.72. The Hall–Kier alpha value is -1.65. The minimum Gasteiger partial charge on any atom is -0.483 e. The van der Waals surface area contributed by atoms with Crippen molar-refractivity contribution in [3.05, 3.63) is 29.3 Å². The summed E-state index contributed by atoms with van der Waals surface area (Å²) in [6.07, 6.45) is -4.29. The molecule has 1 heterocycles. The molecule has 1 aromatic carbocycles. The standard InChI is InChI=1S/C12H12F2O3/c1-6-3-2-4-7-5-8(12(15)16)10(11(13)14)17-9(6)7/h2-4,8,10-11H,5H2,1H3,(H,15,16). The lowest BCUT2D eigenvalue weighted by molar-refractivity contribution is -0.150. The highest BCUT2D eigenvalue weighted by Crippen LogP contribution is 2.35. The van der Waals surface area contributed by atoms with Crippen molar-refractivity contribution in [1.82, 2.24) is 0 Å². The number of aliphatic carboxylic acids is 1. The summed E-state index contributed by atoms with van der Waals surface area (Å²) in [5.74, 6) is -2.04. The van der Waals surface area contributed by atoms with Gasteiger partial charge in [-0.1, -0.05) is 18.2 Å². The summed E-state index contributed by atoms with van der Waals surface area (Å²) >= 11 is 0. The first-order valence-corrected chi connectivity index (χ1v) is 5.27. The van der Waals surface area contributed by atoms with E-state index in [0.717, 1.165) is 5.56 Å². The smallest absolute Gasteiger partial charge is 0.310 e. The van der Waals surface area contributed by atoms with Gasteiger partial charge in [0, 0.05) is 0 Å². The maximum atomic E-state index is 12.8. The van der Waals surface area contributed by atoms with E-state index in [1.807, 2.05) is 0 Å². The molecule has 2 rings (SSSR count). The summed E-state index contributed by atoms with van der Waals surface area (Å²) < 4.78 is 30.7. The minimum atomic E-state index is -2.80. The molecule has 0 aliphatic carbocycles. The van der Waals surface area contributed by atoms with E-state index >= 15 is 0 Å². The second kappa shape index (κ2) is 4.31. The number of carboxylic acids is 1. The van der Waals surface area contributed by atoms with Gasteiger partial charge in [0.2, 0.25) is 0 Å². The van der Waals surface area contributed by atoms with Gasteiger partial charge in [0.25, 0.3) is 6.43 Å². The van der Waals surface area contributed by atoms with Crippen molar-refractivity contribution in [2.45, 2.75) is 25.9 Å². The third kappa shape index (κ3) is 2.09. The largest absolute Gasteiger partial charge is 0.483 e. The molecule has 1 N–H and O–H groups in total. The molecule has 0 saturated heterocycles. The van der Waals surface area contributed by atoms with E-state index in [1.165, 1.54) is 0 Å². The summed E-state index contributed by atoms with van der Waals surface area (Å²) in [6, 6.07) is 5.22. The van der Waals surface area contributed by atoms with Crippen molar-refractivity contribution >= 4 is 5.97 Å². The van der Waals surface area contributed by atoms with E-state index in [-0.39, 0.29) is 6.42 Å². The zero-order valence-electron chi connectivity index (χ0n) is 9.19. The maximum Gasteiger partial charge on any atom is 0.310 e. The molecule has 3 nitrogen and oxygen atoms in total. The Kier molecular flexibility index (Phi) is 3.00. The van der Waals surface area contributed by atoms with E-state index < -0.39 is 24.4 Å². The Labute approximate surface area is 97.0 Å². The van der Waals surface area contributed by atoms with Gasteiger partial charge in [-0.3, -0.25) is 4.79 Å². The molecule has 0 spiro atoms. The van der Waals surface area contributed by atoms with Crippen LogP contribution < -0.4 is 4.74 Å². The number of rotatable bonds is 2. The quantitative estimate of drug-likeness (QED) is 0.865. The van der Waals surface area contributed by atoms with Crippen LogP contribution in [0.15, 0.2) is 18.2 Å². The maximum absolute atomic E-state index is 12.8. The van der Waals surface area contributed by atoms with Crippen LogP contribution in [0.25, 0.3) is 0 Å². The normalized spacial score (nSPS) is 23.1. The van der Waals surface area contributed by atoms with Gasteiger partial charge in [-0.15, -0.1) is 0 Å². The molecular weight excluding hydrogens is 230 g/mol. The van der Waals surface area contributed by atoms with Gasteiger partial charge in [0.1, 0.15) is 11.7 Å². The van der Waals surface area contributed by atoms with Crippen LogP contribution in [0, 0.1) is 12.8 Å². The fourth-order valence-corrected chi connectivity index (χ4v) is 2.07. The number of fused-ring (bicyclic) bond motifs is 1. The second-order valence-corrected chi connectivity index (χ2v) is 4.13. The van der Waals surface area contributed by atoms with Crippen LogP contribution in [0.1, 0.15) is 11.1 Å². The predicted octanol–water partition coefficient (Wildman–Crippen LogP) is 2.26. The Morgan fingerprint density at radius 2 is 2.24 bits per heavy atom. The van der Waals surface area contributed by atoms with E-state index in [4.69, 9.17) is 9.84 Å². The van der Waals surface area contributed by atoms with Crippen molar-refractivity contribution in [2.75, 3.05) is 0 Å². The van der Waals surface area contributed by atoms with Gasteiger partial charge < -0.3 is 9.84 Å². The fraction of sp³-hybridized carbons (Fsp3) is 0.417. The lowest BCUT2D eigenvalue weighted by Crippen LogP contribution is -2.43. The van der Waals surface area contributed by atoms with E-state index in [1.54, 1.807) is 25.1 Å². The molecule has 0 amide bonds. The van der Waals surface area contributed by atoms with Crippen molar-refractivity contribution in [3.63, 3.8) is 0 Å². The van der Waals surface area contributed by atoms with Crippen LogP contribution in [0.2, 0.25) is 0 Å². The molecule has 0 radical (unpaired) electrons. The second-order valence-electron chi connectivity index (χ2n) is 4.13. The third-order valence-electron chi connectivity index (χ3n) is 2.95. The summed E-state index contributed by atoms with van der Waals surface area (Å²) in [5.41, 5.74) is 1.42. The van der Waals surface area contributed by atoms with E-state index in [9.17, 15) is 13.6 Å². The van der Waals surface area contributed by atoms with Gasteiger partial charge in [-0.25, -0.2) is 8.78 Å². The SMILES string of the molecule is Cc1cccc2c1OC(C(F)F)C(C(=O)O)C2. The molecular formula is C12H12F2O3. The van der Waals surface area contributed by atoms with Crippen molar-refractivity contribution in [1.29, 1.82) is 0 Å². The Morgan fingerprint density at radius 1 is 1.53 bits per heavy atom. The van der Waals surface area contributed by atoms with Crippen molar-refractivity contribution in [2.24, 2.45) is 5.92 Å². The van der Waals surface area contributed by atoms with Crippen LogP contribution in [-0.2, 0) is 11.2 Å². The average Bonchev–Trinajstić information content (AvgIpc) is 2.27. The van der Waals surface area contributed by atoms with Crippen LogP contribution in [0.4, 0.5) is 8.78 Å². The molecule has 0 bridgehead atoms.